The average Bonchev–Trinajstić information content (AvgIpc) is 2.91. The van der Waals surface area contributed by atoms with E-state index in [2.05, 4.69) is 15.5 Å². The molecule has 3 aromatic rings. The van der Waals surface area contributed by atoms with Gasteiger partial charge in [0, 0.05) is 19.5 Å². The molecule has 0 aliphatic heterocycles. The molecule has 0 aliphatic carbocycles. The first-order chi connectivity index (χ1) is 8.29. The molecule has 0 amide bonds. The Bertz CT molecular complexity index is 635. The van der Waals surface area contributed by atoms with Crippen molar-refractivity contribution < 1.29 is 4.42 Å². The van der Waals surface area contributed by atoms with Crippen LogP contribution in [0.4, 0.5) is 5.95 Å². The fourth-order valence-electron chi connectivity index (χ4n) is 1.85. The van der Waals surface area contributed by atoms with Gasteiger partial charge in [0.2, 0.25) is 11.8 Å². The number of hydrogen-bond acceptors (Lipinski definition) is 4. The van der Waals surface area contributed by atoms with Gasteiger partial charge in [-0.25, -0.2) is 0 Å². The molecule has 5 heteroatoms. The topological polar surface area (TPSA) is 55.9 Å². The predicted molar refractivity (Wildman–Crippen MR) is 65.8 cm³/mol. The number of fused-ring (bicyclic) bond motifs is 1. The number of para-hydroxylation sites is 1. The van der Waals surface area contributed by atoms with Crippen LogP contribution in [0.5, 0.6) is 0 Å². The van der Waals surface area contributed by atoms with Crippen LogP contribution in [0.25, 0.3) is 22.6 Å². The van der Waals surface area contributed by atoms with Crippen LogP contribution in [0, 0.1) is 0 Å². The van der Waals surface area contributed by atoms with Gasteiger partial charge in [0.25, 0.3) is 0 Å². The predicted octanol–water partition coefficient (Wildman–Crippen LogP) is 2.27. The molecular weight excluding hydrogens is 216 g/mol. The molecule has 17 heavy (non-hydrogen) atoms. The van der Waals surface area contributed by atoms with Gasteiger partial charge in [-0.05, 0) is 12.1 Å². The number of hydrogen-bond donors (Lipinski definition) is 1. The summed E-state index contributed by atoms with van der Waals surface area (Å²) in [5, 5.41) is 12.2. The molecule has 0 fully saturated rings. The van der Waals surface area contributed by atoms with Crippen LogP contribution in [0.1, 0.15) is 0 Å². The summed E-state index contributed by atoms with van der Waals surface area (Å²) in [6, 6.07) is 9.85. The lowest BCUT2D eigenvalue weighted by Crippen LogP contribution is -1.99. The van der Waals surface area contributed by atoms with Gasteiger partial charge in [-0.3, -0.25) is 4.57 Å². The monoisotopic (exact) mass is 228 g/mol. The second kappa shape index (κ2) is 3.62. The summed E-state index contributed by atoms with van der Waals surface area (Å²) in [6.07, 6.45) is 0. The zero-order valence-electron chi connectivity index (χ0n) is 9.64. The SMILES string of the molecule is CNc1nnc(-c2cc3ccccc3o2)n1C. The Morgan fingerprint density at radius 2 is 2.06 bits per heavy atom. The number of nitrogens with zero attached hydrogens (tertiary/aromatic N) is 3. The lowest BCUT2D eigenvalue weighted by atomic mass is 10.2. The molecule has 86 valence electrons. The Morgan fingerprint density at radius 1 is 1.24 bits per heavy atom. The molecule has 0 atom stereocenters. The van der Waals surface area contributed by atoms with Crippen LogP contribution in [-0.2, 0) is 7.05 Å². The van der Waals surface area contributed by atoms with Gasteiger partial charge >= 0.3 is 0 Å². The number of aromatic nitrogens is 3. The summed E-state index contributed by atoms with van der Waals surface area (Å²) in [7, 11) is 3.71. The van der Waals surface area contributed by atoms with E-state index in [1.807, 2.05) is 49.0 Å². The molecule has 2 aromatic heterocycles. The lowest BCUT2D eigenvalue weighted by molar-refractivity contribution is 0.620. The summed E-state index contributed by atoms with van der Waals surface area (Å²) in [5.41, 5.74) is 0.858. The Hall–Kier alpha value is -2.30. The first-order valence-electron chi connectivity index (χ1n) is 5.35. The number of furan rings is 1. The second-order valence-electron chi connectivity index (χ2n) is 3.80. The first-order valence-corrected chi connectivity index (χ1v) is 5.35. The second-order valence-corrected chi connectivity index (χ2v) is 3.80. The molecule has 3 rings (SSSR count). The van der Waals surface area contributed by atoms with Crippen LogP contribution >= 0.6 is 0 Å². The zero-order chi connectivity index (χ0) is 11.8. The Labute approximate surface area is 98.1 Å². The van der Waals surface area contributed by atoms with Crippen molar-refractivity contribution in [3.63, 3.8) is 0 Å². The van der Waals surface area contributed by atoms with E-state index in [4.69, 9.17) is 4.42 Å². The maximum absolute atomic E-state index is 5.74. The van der Waals surface area contributed by atoms with E-state index in [9.17, 15) is 0 Å². The van der Waals surface area contributed by atoms with E-state index < -0.39 is 0 Å². The van der Waals surface area contributed by atoms with Crippen molar-refractivity contribution in [3.05, 3.63) is 30.3 Å². The van der Waals surface area contributed by atoms with Gasteiger partial charge in [0.15, 0.2) is 5.76 Å². The third-order valence-corrected chi connectivity index (χ3v) is 2.74. The molecule has 0 saturated carbocycles. The fraction of sp³-hybridized carbons (Fsp3) is 0.167. The summed E-state index contributed by atoms with van der Waals surface area (Å²) < 4.78 is 7.60. The molecule has 1 aromatic carbocycles. The molecule has 5 nitrogen and oxygen atoms in total. The fourth-order valence-corrected chi connectivity index (χ4v) is 1.85. The van der Waals surface area contributed by atoms with Crippen molar-refractivity contribution in [1.82, 2.24) is 14.8 Å². The zero-order valence-corrected chi connectivity index (χ0v) is 9.64. The van der Waals surface area contributed by atoms with Crippen LogP contribution in [-0.4, -0.2) is 21.8 Å². The summed E-state index contributed by atoms with van der Waals surface area (Å²) in [6.45, 7) is 0. The van der Waals surface area contributed by atoms with E-state index in [-0.39, 0.29) is 0 Å². The quantitative estimate of drug-likeness (QED) is 0.731. The summed E-state index contributed by atoms with van der Waals surface area (Å²) in [5.74, 6) is 2.15. The van der Waals surface area contributed by atoms with Crippen molar-refractivity contribution in [2.45, 2.75) is 0 Å². The largest absolute Gasteiger partial charge is 0.453 e. The van der Waals surface area contributed by atoms with E-state index in [1.165, 1.54) is 0 Å². The summed E-state index contributed by atoms with van der Waals surface area (Å²) in [4.78, 5) is 0. The Morgan fingerprint density at radius 3 is 2.76 bits per heavy atom. The van der Waals surface area contributed by atoms with Gasteiger partial charge in [0.1, 0.15) is 5.58 Å². The van der Waals surface area contributed by atoms with E-state index >= 15 is 0 Å². The van der Waals surface area contributed by atoms with Crippen LogP contribution < -0.4 is 5.32 Å². The van der Waals surface area contributed by atoms with Crippen molar-refractivity contribution in [3.8, 4) is 11.6 Å². The smallest absolute Gasteiger partial charge is 0.224 e. The van der Waals surface area contributed by atoms with Gasteiger partial charge < -0.3 is 9.73 Å². The highest BCUT2D eigenvalue weighted by Gasteiger charge is 2.13. The molecule has 0 spiro atoms. The highest BCUT2D eigenvalue weighted by atomic mass is 16.3. The maximum Gasteiger partial charge on any atom is 0.224 e. The van der Waals surface area contributed by atoms with Gasteiger partial charge in [-0.15, -0.1) is 10.2 Å². The normalized spacial score (nSPS) is 10.9. The average molecular weight is 228 g/mol. The van der Waals surface area contributed by atoms with Crippen molar-refractivity contribution in [2.75, 3.05) is 12.4 Å². The number of nitrogens with one attached hydrogen (secondary N) is 1. The van der Waals surface area contributed by atoms with Crippen molar-refractivity contribution in [1.29, 1.82) is 0 Å². The molecule has 2 heterocycles. The maximum atomic E-state index is 5.74. The molecular formula is C12H12N4O. The number of rotatable bonds is 2. The van der Waals surface area contributed by atoms with Gasteiger partial charge in [-0.1, -0.05) is 18.2 Å². The lowest BCUT2D eigenvalue weighted by Gasteiger charge is -1.99. The Kier molecular flexibility index (Phi) is 2.11. The third-order valence-electron chi connectivity index (χ3n) is 2.74. The highest BCUT2D eigenvalue weighted by Crippen LogP contribution is 2.26. The van der Waals surface area contributed by atoms with Crippen molar-refractivity contribution in [2.24, 2.45) is 7.05 Å². The van der Waals surface area contributed by atoms with E-state index in [1.54, 1.807) is 0 Å². The molecule has 0 saturated heterocycles. The first kappa shape index (κ1) is 9.89. The molecule has 0 aliphatic rings. The number of anilines is 1. The molecule has 1 N–H and O–H groups in total. The minimum absolute atomic E-state index is 0.709. The molecule has 0 unspecified atom stereocenters. The minimum Gasteiger partial charge on any atom is -0.453 e. The standard InChI is InChI=1S/C12H12N4O/c1-13-12-15-14-11(16(12)2)10-7-8-5-3-4-6-9(8)17-10/h3-7H,1-2H3,(H,13,15). The minimum atomic E-state index is 0.709. The Balaban J connectivity index is 2.17. The van der Waals surface area contributed by atoms with Crippen molar-refractivity contribution >= 4 is 16.9 Å². The van der Waals surface area contributed by atoms with Gasteiger partial charge in [0.05, 0.1) is 0 Å². The van der Waals surface area contributed by atoms with E-state index in [0.717, 1.165) is 16.7 Å². The van der Waals surface area contributed by atoms with Crippen LogP contribution in [0.15, 0.2) is 34.7 Å². The van der Waals surface area contributed by atoms with Crippen LogP contribution in [0.2, 0.25) is 0 Å². The van der Waals surface area contributed by atoms with E-state index in [0.29, 0.717) is 11.8 Å². The number of benzene rings is 1. The van der Waals surface area contributed by atoms with Gasteiger partial charge in [-0.2, -0.15) is 0 Å². The highest BCUT2D eigenvalue weighted by molar-refractivity contribution is 5.81. The third kappa shape index (κ3) is 1.47. The summed E-state index contributed by atoms with van der Waals surface area (Å²) >= 11 is 0. The van der Waals surface area contributed by atoms with Crippen LogP contribution in [0.3, 0.4) is 0 Å². The molecule has 0 bridgehead atoms. The molecule has 0 radical (unpaired) electrons.